The number of hydrogen-bond acceptors (Lipinski definition) is 4. The molecule has 0 heterocycles. The summed E-state index contributed by atoms with van der Waals surface area (Å²) in [5, 5.41) is 17.1. The third-order valence-electron chi connectivity index (χ3n) is 6.38. The van der Waals surface area contributed by atoms with Crippen LogP contribution in [0.25, 0.3) is 0 Å². The lowest BCUT2D eigenvalue weighted by molar-refractivity contribution is -0.136. The standard InChI is InChI=1S/C27H35ClN2O3/c1-3-21-16-23(10-11-24(21)17-29-14-13-27(31)32)19(2)30-33-18-20-9-12-25(26(28)15-20)22-7-5-4-6-8-22/h9-12,15-16,22,29H,3-8,13-14,17-18H2,1-2H3,(H,31,32)/b30-19+. The summed E-state index contributed by atoms with van der Waals surface area (Å²) in [6.45, 7) is 5.55. The van der Waals surface area contributed by atoms with E-state index in [9.17, 15) is 4.79 Å². The number of nitrogens with one attached hydrogen (secondary N) is 1. The van der Waals surface area contributed by atoms with E-state index >= 15 is 0 Å². The second-order valence-electron chi connectivity index (χ2n) is 8.80. The van der Waals surface area contributed by atoms with Gasteiger partial charge in [0.1, 0.15) is 6.61 Å². The van der Waals surface area contributed by atoms with Crippen LogP contribution in [0.5, 0.6) is 0 Å². The molecular formula is C27H35ClN2O3. The summed E-state index contributed by atoms with van der Waals surface area (Å²) in [5.41, 5.74) is 6.52. The molecule has 2 N–H and O–H groups in total. The van der Waals surface area contributed by atoms with Gasteiger partial charge in [0.05, 0.1) is 12.1 Å². The normalized spacial score (nSPS) is 14.9. The first-order chi connectivity index (χ1) is 16.0. The Hall–Kier alpha value is -2.37. The number of hydrogen-bond donors (Lipinski definition) is 2. The van der Waals surface area contributed by atoms with Crippen LogP contribution in [0, 0.1) is 0 Å². The Morgan fingerprint density at radius 3 is 2.64 bits per heavy atom. The Morgan fingerprint density at radius 2 is 1.94 bits per heavy atom. The second kappa shape index (κ2) is 12.8. The van der Waals surface area contributed by atoms with Gasteiger partial charge in [-0.3, -0.25) is 4.79 Å². The minimum atomic E-state index is -0.789. The Kier molecular flexibility index (Phi) is 9.76. The summed E-state index contributed by atoms with van der Waals surface area (Å²) >= 11 is 6.58. The number of aryl methyl sites for hydroxylation is 1. The predicted octanol–water partition coefficient (Wildman–Crippen LogP) is 6.46. The summed E-state index contributed by atoms with van der Waals surface area (Å²) in [4.78, 5) is 16.3. The van der Waals surface area contributed by atoms with Crippen molar-refractivity contribution < 1.29 is 14.7 Å². The van der Waals surface area contributed by atoms with E-state index in [0.29, 0.717) is 25.6 Å². The highest BCUT2D eigenvalue weighted by atomic mass is 35.5. The third-order valence-corrected chi connectivity index (χ3v) is 6.71. The SMILES string of the molecule is CCc1cc(/C(C)=N/OCc2ccc(C3CCCCC3)c(Cl)c2)ccc1CNCCC(=O)O. The second-order valence-corrected chi connectivity index (χ2v) is 9.21. The molecule has 0 atom stereocenters. The molecule has 0 bridgehead atoms. The van der Waals surface area contributed by atoms with Crippen molar-refractivity contribution in [2.45, 2.75) is 77.9 Å². The molecule has 33 heavy (non-hydrogen) atoms. The van der Waals surface area contributed by atoms with Crippen molar-refractivity contribution in [3.63, 3.8) is 0 Å². The van der Waals surface area contributed by atoms with Crippen molar-refractivity contribution in [2.24, 2.45) is 5.16 Å². The number of nitrogens with zero attached hydrogens (tertiary/aromatic N) is 1. The van der Waals surface area contributed by atoms with Crippen LogP contribution < -0.4 is 5.32 Å². The highest BCUT2D eigenvalue weighted by Crippen LogP contribution is 2.36. The van der Waals surface area contributed by atoms with E-state index in [-0.39, 0.29) is 6.42 Å². The van der Waals surface area contributed by atoms with Crippen LogP contribution in [-0.4, -0.2) is 23.3 Å². The first kappa shape index (κ1) is 25.3. The first-order valence-corrected chi connectivity index (χ1v) is 12.3. The molecule has 0 saturated heterocycles. The van der Waals surface area contributed by atoms with Crippen LogP contribution in [0.3, 0.4) is 0 Å². The molecule has 0 unspecified atom stereocenters. The fourth-order valence-corrected chi connectivity index (χ4v) is 4.79. The summed E-state index contributed by atoms with van der Waals surface area (Å²) in [7, 11) is 0. The Morgan fingerprint density at radius 1 is 1.15 bits per heavy atom. The molecule has 6 heteroatoms. The van der Waals surface area contributed by atoms with Crippen molar-refractivity contribution in [1.82, 2.24) is 5.32 Å². The minimum Gasteiger partial charge on any atom is -0.481 e. The molecule has 1 saturated carbocycles. The molecule has 0 aliphatic heterocycles. The molecule has 0 amide bonds. The van der Waals surface area contributed by atoms with Gasteiger partial charge in [0, 0.05) is 18.1 Å². The fraction of sp³-hybridized carbons (Fsp3) is 0.481. The van der Waals surface area contributed by atoms with Crippen molar-refractivity contribution in [2.75, 3.05) is 6.54 Å². The summed E-state index contributed by atoms with van der Waals surface area (Å²) in [6.07, 6.45) is 7.40. The molecule has 1 aliphatic rings. The Balaban J connectivity index is 1.56. The van der Waals surface area contributed by atoms with Crippen molar-refractivity contribution >= 4 is 23.3 Å². The monoisotopic (exact) mass is 470 g/mol. The maximum absolute atomic E-state index is 10.7. The van der Waals surface area contributed by atoms with Crippen LogP contribution in [0.2, 0.25) is 5.02 Å². The van der Waals surface area contributed by atoms with Gasteiger partial charge in [0.25, 0.3) is 0 Å². The van der Waals surface area contributed by atoms with Gasteiger partial charge < -0.3 is 15.3 Å². The summed E-state index contributed by atoms with van der Waals surface area (Å²) in [6, 6.07) is 12.5. The quantitative estimate of drug-likeness (QED) is 0.225. The van der Waals surface area contributed by atoms with Gasteiger partial charge in [0.2, 0.25) is 0 Å². The van der Waals surface area contributed by atoms with Crippen molar-refractivity contribution in [3.05, 3.63) is 69.2 Å². The maximum Gasteiger partial charge on any atom is 0.304 e. The van der Waals surface area contributed by atoms with E-state index in [2.05, 4.69) is 41.7 Å². The highest BCUT2D eigenvalue weighted by Gasteiger charge is 2.18. The van der Waals surface area contributed by atoms with Crippen LogP contribution in [-0.2, 0) is 29.2 Å². The van der Waals surface area contributed by atoms with Crippen molar-refractivity contribution in [1.29, 1.82) is 0 Å². The predicted molar refractivity (Wildman–Crippen MR) is 134 cm³/mol. The molecule has 2 aromatic carbocycles. The van der Waals surface area contributed by atoms with Crippen LogP contribution in [0.4, 0.5) is 0 Å². The number of oxime groups is 1. The lowest BCUT2D eigenvalue weighted by Gasteiger charge is -2.23. The van der Waals surface area contributed by atoms with E-state index in [1.165, 1.54) is 48.8 Å². The van der Waals surface area contributed by atoms with Crippen LogP contribution >= 0.6 is 11.6 Å². The van der Waals surface area contributed by atoms with Gasteiger partial charge in [-0.05, 0) is 72.1 Å². The largest absolute Gasteiger partial charge is 0.481 e. The topological polar surface area (TPSA) is 70.9 Å². The molecule has 1 aliphatic carbocycles. The number of carboxylic acids is 1. The smallest absolute Gasteiger partial charge is 0.304 e. The highest BCUT2D eigenvalue weighted by molar-refractivity contribution is 6.31. The zero-order valence-electron chi connectivity index (χ0n) is 19.7. The number of halogens is 1. The molecular weight excluding hydrogens is 436 g/mol. The summed E-state index contributed by atoms with van der Waals surface area (Å²) < 4.78 is 0. The minimum absolute atomic E-state index is 0.122. The van der Waals surface area contributed by atoms with Gasteiger partial charge >= 0.3 is 5.97 Å². The average Bonchev–Trinajstić information content (AvgIpc) is 2.82. The van der Waals surface area contributed by atoms with E-state index in [1.807, 2.05) is 19.1 Å². The average molecular weight is 471 g/mol. The van der Waals surface area contributed by atoms with Crippen LogP contribution in [0.15, 0.2) is 41.6 Å². The lowest BCUT2D eigenvalue weighted by atomic mass is 9.84. The number of carbonyl (C=O) groups is 1. The number of aliphatic carboxylic acids is 1. The molecule has 5 nitrogen and oxygen atoms in total. The number of rotatable bonds is 11. The Labute approximate surface area is 202 Å². The molecule has 0 spiro atoms. The Bertz CT molecular complexity index is 968. The van der Waals surface area contributed by atoms with Gasteiger partial charge in [-0.2, -0.15) is 0 Å². The molecule has 178 valence electrons. The zero-order chi connectivity index (χ0) is 23.6. The first-order valence-electron chi connectivity index (χ1n) is 12.0. The molecule has 2 aromatic rings. The molecule has 1 fully saturated rings. The van der Waals surface area contributed by atoms with E-state index < -0.39 is 5.97 Å². The molecule has 3 rings (SSSR count). The zero-order valence-corrected chi connectivity index (χ0v) is 20.5. The lowest BCUT2D eigenvalue weighted by Crippen LogP contribution is -2.18. The van der Waals surface area contributed by atoms with E-state index in [1.54, 1.807) is 0 Å². The maximum atomic E-state index is 10.7. The third kappa shape index (κ3) is 7.58. The number of carboxylic acid groups (broad SMARTS) is 1. The molecule has 0 aromatic heterocycles. The van der Waals surface area contributed by atoms with Crippen molar-refractivity contribution in [3.8, 4) is 0 Å². The van der Waals surface area contributed by atoms with Gasteiger partial charge in [0.15, 0.2) is 0 Å². The van der Waals surface area contributed by atoms with Gasteiger partial charge in [-0.1, -0.05) is 67.2 Å². The van der Waals surface area contributed by atoms with Gasteiger partial charge in [-0.15, -0.1) is 0 Å². The van der Waals surface area contributed by atoms with E-state index in [0.717, 1.165) is 28.3 Å². The van der Waals surface area contributed by atoms with E-state index in [4.69, 9.17) is 21.5 Å². The van der Waals surface area contributed by atoms with Crippen LogP contribution in [0.1, 0.15) is 86.1 Å². The summed E-state index contributed by atoms with van der Waals surface area (Å²) in [5.74, 6) is -0.201. The molecule has 0 radical (unpaired) electrons. The van der Waals surface area contributed by atoms with Gasteiger partial charge in [-0.25, -0.2) is 0 Å². The fourth-order valence-electron chi connectivity index (χ4n) is 4.43. The number of benzene rings is 2.